The lowest BCUT2D eigenvalue weighted by Gasteiger charge is -2.16. The lowest BCUT2D eigenvalue weighted by molar-refractivity contribution is 0.245. The molecule has 1 atom stereocenters. The third-order valence-corrected chi connectivity index (χ3v) is 2.97. The Kier molecular flexibility index (Phi) is 3.82. The lowest BCUT2D eigenvalue weighted by Crippen LogP contribution is -2.11. The number of rotatable bonds is 4. The Hall–Kier alpha value is -1.61. The maximum atomic E-state index is 6.14. The monoisotopic (exact) mass is 244 g/mol. The van der Waals surface area contributed by atoms with Crippen LogP contribution in [0, 0.1) is 0 Å². The molecule has 3 nitrogen and oxygen atoms in total. The van der Waals surface area contributed by atoms with Gasteiger partial charge in [0, 0.05) is 17.6 Å². The van der Waals surface area contributed by atoms with Gasteiger partial charge in [-0.2, -0.15) is 0 Å². The second kappa shape index (κ2) is 5.36. The highest BCUT2D eigenvalue weighted by Gasteiger charge is 2.12. The normalized spacial score (nSPS) is 12.9. The van der Waals surface area contributed by atoms with Crippen molar-refractivity contribution in [1.82, 2.24) is 4.98 Å². The van der Waals surface area contributed by atoms with E-state index in [-0.39, 0.29) is 12.1 Å². The van der Waals surface area contributed by atoms with Crippen LogP contribution < -0.4 is 10.5 Å². The lowest BCUT2D eigenvalue weighted by atomic mass is 10.00. The van der Waals surface area contributed by atoms with E-state index >= 15 is 0 Å². The SMILES string of the molecule is CCC(N)c1ccc(OC(C)C)c2ncccc12. The van der Waals surface area contributed by atoms with Gasteiger partial charge < -0.3 is 10.5 Å². The van der Waals surface area contributed by atoms with E-state index in [2.05, 4.69) is 24.0 Å². The summed E-state index contributed by atoms with van der Waals surface area (Å²) in [6, 6.07) is 8.06. The van der Waals surface area contributed by atoms with Crippen molar-refractivity contribution < 1.29 is 4.74 Å². The van der Waals surface area contributed by atoms with Crippen LogP contribution >= 0.6 is 0 Å². The summed E-state index contributed by atoms with van der Waals surface area (Å²) in [6.07, 6.45) is 2.84. The molecule has 1 unspecified atom stereocenters. The summed E-state index contributed by atoms with van der Waals surface area (Å²) in [4.78, 5) is 4.43. The molecule has 3 heteroatoms. The topological polar surface area (TPSA) is 48.1 Å². The molecule has 0 saturated carbocycles. The van der Waals surface area contributed by atoms with Crippen molar-refractivity contribution in [3.05, 3.63) is 36.0 Å². The smallest absolute Gasteiger partial charge is 0.145 e. The summed E-state index contributed by atoms with van der Waals surface area (Å²) in [6.45, 7) is 6.12. The van der Waals surface area contributed by atoms with Gasteiger partial charge in [-0.3, -0.25) is 4.98 Å². The van der Waals surface area contributed by atoms with E-state index in [0.717, 1.165) is 28.6 Å². The predicted molar refractivity (Wildman–Crippen MR) is 74.7 cm³/mol. The van der Waals surface area contributed by atoms with Crippen LogP contribution in [0.3, 0.4) is 0 Å². The van der Waals surface area contributed by atoms with Gasteiger partial charge in [0.2, 0.25) is 0 Å². The van der Waals surface area contributed by atoms with E-state index in [1.807, 2.05) is 26.0 Å². The molecule has 0 bridgehead atoms. The van der Waals surface area contributed by atoms with Crippen molar-refractivity contribution in [2.24, 2.45) is 5.73 Å². The molecule has 0 fully saturated rings. The van der Waals surface area contributed by atoms with Crippen molar-refractivity contribution in [2.45, 2.75) is 39.3 Å². The molecule has 0 aliphatic heterocycles. The van der Waals surface area contributed by atoms with Gasteiger partial charge in [0.15, 0.2) is 0 Å². The number of aromatic nitrogens is 1. The minimum atomic E-state index is 0.0461. The molecule has 0 saturated heterocycles. The summed E-state index contributed by atoms with van der Waals surface area (Å²) in [5, 5.41) is 1.09. The molecule has 0 aliphatic rings. The molecule has 0 spiro atoms. The fraction of sp³-hybridized carbons (Fsp3) is 0.400. The van der Waals surface area contributed by atoms with E-state index in [1.54, 1.807) is 6.20 Å². The third kappa shape index (κ3) is 2.46. The molecule has 2 aromatic rings. The van der Waals surface area contributed by atoms with E-state index in [9.17, 15) is 0 Å². The zero-order valence-electron chi connectivity index (χ0n) is 11.2. The molecule has 0 radical (unpaired) electrons. The fourth-order valence-corrected chi connectivity index (χ4v) is 2.06. The molecule has 2 N–H and O–H groups in total. The molecular formula is C15H20N2O. The largest absolute Gasteiger partial charge is 0.489 e. The van der Waals surface area contributed by atoms with E-state index in [0.29, 0.717) is 0 Å². The molecular weight excluding hydrogens is 224 g/mol. The highest BCUT2D eigenvalue weighted by atomic mass is 16.5. The Balaban J connectivity index is 2.58. The van der Waals surface area contributed by atoms with Crippen LogP contribution in [0.2, 0.25) is 0 Å². The summed E-state index contributed by atoms with van der Waals surface area (Å²) in [5.41, 5.74) is 8.17. The Labute approximate surface area is 108 Å². The van der Waals surface area contributed by atoms with Crippen LogP contribution in [0.5, 0.6) is 5.75 Å². The highest BCUT2D eigenvalue weighted by molar-refractivity contribution is 5.87. The van der Waals surface area contributed by atoms with Crippen LogP contribution in [0.1, 0.15) is 38.8 Å². The first-order chi connectivity index (χ1) is 8.63. The molecule has 18 heavy (non-hydrogen) atoms. The average molecular weight is 244 g/mol. The standard InChI is InChI=1S/C15H20N2O/c1-4-13(16)11-7-8-14(18-10(2)3)15-12(11)6-5-9-17-15/h5-10,13H,4,16H2,1-3H3. The van der Waals surface area contributed by atoms with Gasteiger partial charge in [-0.25, -0.2) is 0 Å². The number of hydrogen-bond acceptors (Lipinski definition) is 3. The molecule has 2 rings (SSSR count). The van der Waals surface area contributed by atoms with Crippen molar-refractivity contribution in [1.29, 1.82) is 0 Å². The summed E-state index contributed by atoms with van der Waals surface area (Å²) in [7, 11) is 0. The van der Waals surface area contributed by atoms with Crippen molar-refractivity contribution >= 4 is 10.9 Å². The van der Waals surface area contributed by atoms with Crippen molar-refractivity contribution in [2.75, 3.05) is 0 Å². The first-order valence-electron chi connectivity index (χ1n) is 6.43. The molecule has 1 aromatic heterocycles. The van der Waals surface area contributed by atoms with Crippen LogP contribution in [0.15, 0.2) is 30.5 Å². The number of benzene rings is 1. The second-order valence-corrected chi connectivity index (χ2v) is 4.73. The van der Waals surface area contributed by atoms with E-state index in [1.165, 1.54) is 0 Å². The summed E-state index contributed by atoms with van der Waals surface area (Å²) in [5.74, 6) is 0.827. The maximum Gasteiger partial charge on any atom is 0.145 e. The Morgan fingerprint density at radius 1 is 1.28 bits per heavy atom. The quantitative estimate of drug-likeness (QED) is 0.896. The van der Waals surface area contributed by atoms with Gasteiger partial charge in [-0.15, -0.1) is 0 Å². The number of hydrogen-bond donors (Lipinski definition) is 1. The van der Waals surface area contributed by atoms with Crippen LogP contribution in [0.4, 0.5) is 0 Å². The van der Waals surface area contributed by atoms with Gasteiger partial charge in [0.05, 0.1) is 6.10 Å². The number of pyridine rings is 1. The van der Waals surface area contributed by atoms with Gasteiger partial charge in [-0.05, 0) is 38.0 Å². The summed E-state index contributed by atoms with van der Waals surface area (Å²) >= 11 is 0. The summed E-state index contributed by atoms with van der Waals surface area (Å²) < 4.78 is 5.79. The first-order valence-corrected chi connectivity index (χ1v) is 6.43. The third-order valence-electron chi connectivity index (χ3n) is 2.97. The molecule has 0 amide bonds. The van der Waals surface area contributed by atoms with Gasteiger partial charge >= 0.3 is 0 Å². The predicted octanol–water partition coefficient (Wildman–Crippen LogP) is 3.43. The Bertz CT molecular complexity index is 537. The highest BCUT2D eigenvalue weighted by Crippen LogP contribution is 2.30. The van der Waals surface area contributed by atoms with Crippen LogP contribution in [-0.2, 0) is 0 Å². The first kappa shape index (κ1) is 12.8. The molecule has 1 aromatic carbocycles. The zero-order chi connectivity index (χ0) is 13.1. The number of ether oxygens (including phenoxy) is 1. The van der Waals surface area contributed by atoms with Gasteiger partial charge in [0.1, 0.15) is 11.3 Å². The van der Waals surface area contributed by atoms with Crippen molar-refractivity contribution in [3.8, 4) is 5.75 Å². The Morgan fingerprint density at radius 3 is 2.72 bits per heavy atom. The maximum absolute atomic E-state index is 6.14. The number of nitrogens with zero attached hydrogens (tertiary/aromatic N) is 1. The molecule has 96 valence electrons. The molecule has 1 heterocycles. The van der Waals surface area contributed by atoms with Crippen LogP contribution in [-0.4, -0.2) is 11.1 Å². The van der Waals surface area contributed by atoms with Crippen molar-refractivity contribution in [3.63, 3.8) is 0 Å². The fourth-order valence-electron chi connectivity index (χ4n) is 2.06. The number of nitrogens with two attached hydrogens (primary N) is 1. The van der Waals surface area contributed by atoms with E-state index in [4.69, 9.17) is 10.5 Å². The van der Waals surface area contributed by atoms with Gasteiger partial charge in [0.25, 0.3) is 0 Å². The number of fused-ring (bicyclic) bond motifs is 1. The average Bonchev–Trinajstić information content (AvgIpc) is 2.38. The van der Waals surface area contributed by atoms with Crippen LogP contribution in [0.25, 0.3) is 10.9 Å². The van der Waals surface area contributed by atoms with Gasteiger partial charge in [-0.1, -0.05) is 19.1 Å². The minimum absolute atomic E-state index is 0.0461. The van der Waals surface area contributed by atoms with E-state index < -0.39 is 0 Å². The minimum Gasteiger partial charge on any atom is -0.489 e. The second-order valence-electron chi connectivity index (χ2n) is 4.73. The molecule has 0 aliphatic carbocycles. The zero-order valence-corrected chi connectivity index (χ0v) is 11.2. The Morgan fingerprint density at radius 2 is 2.06 bits per heavy atom.